The zero-order chi connectivity index (χ0) is 33.5. The van der Waals surface area contributed by atoms with Crippen molar-refractivity contribution >= 4 is 62.0 Å². The second-order valence-electron chi connectivity index (χ2n) is 11.1. The van der Waals surface area contributed by atoms with Crippen LogP contribution in [-0.2, 0) is 19.9 Å². The van der Waals surface area contributed by atoms with Gasteiger partial charge in [0.15, 0.2) is 6.61 Å². The molecule has 3 N–H and O–H groups in total. The van der Waals surface area contributed by atoms with Gasteiger partial charge in [0.1, 0.15) is 28.5 Å². The lowest BCUT2D eigenvalue weighted by molar-refractivity contribution is -0.142. The third-order valence-corrected chi connectivity index (χ3v) is 9.97. The number of fused-ring (bicyclic) bond motifs is 1. The van der Waals surface area contributed by atoms with Crippen molar-refractivity contribution in [2.75, 3.05) is 37.7 Å². The molecule has 0 spiro atoms. The molecule has 2 atom stereocenters. The number of nitrogens with zero attached hydrogens (tertiary/aromatic N) is 5. The van der Waals surface area contributed by atoms with Crippen molar-refractivity contribution in [3.63, 3.8) is 0 Å². The van der Waals surface area contributed by atoms with E-state index in [1.54, 1.807) is 50.9 Å². The minimum atomic E-state index is -4.90. The molecule has 47 heavy (non-hydrogen) atoms. The summed E-state index contributed by atoms with van der Waals surface area (Å²) in [5, 5.41) is 16.7. The van der Waals surface area contributed by atoms with E-state index >= 15 is 4.39 Å². The van der Waals surface area contributed by atoms with E-state index in [0.29, 0.717) is 37.4 Å². The van der Waals surface area contributed by atoms with Crippen molar-refractivity contribution in [3.05, 3.63) is 70.3 Å². The van der Waals surface area contributed by atoms with Gasteiger partial charge >= 0.3 is 16.3 Å². The summed E-state index contributed by atoms with van der Waals surface area (Å²) in [6.07, 6.45) is 2.97. The number of β-lactam (4-membered cyclic amide) rings is 1. The lowest BCUT2D eigenvalue weighted by Gasteiger charge is -2.42. The van der Waals surface area contributed by atoms with Gasteiger partial charge in [-0.1, -0.05) is 30.0 Å². The van der Waals surface area contributed by atoms with Crippen LogP contribution in [0.15, 0.2) is 58.6 Å². The Hall–Kier alpha value is -4.68. The fourth-order valence-electron chi connectivity index (χ4n) is 5.45. The van der Waals surface area contributed by atoms with Gasteiger partial charge in [-0.3, -0.25) is 23.9 Å². The highest BCUT2D eigenvalue weighted by Crippen LogP contribution is 2.38. The number of hydrogen-bond donors (Lipinski definition) is 3. The fraction of sp³-hybridized carbons (Fsp3) is 0.345. The number of ether oxygens (including phenoxy) is 1. The summed E-state index contributed by atoms with van der Waals surface area (Å²) in [6, 6.07) is 9.92. The number of benzene rings is 2. The third kappa shape index (κ3) is 6.75. The first-order valence-electron chi connectivity index (χ1n) is 14.5. The van der Waals surface area contributed by atoms with Crippen LogP contribution in [0.5, 0.6) is 5.75 Å². The molecule has 248 valence electrons. The van der Waals surface area contributed by atoms with E-state index in [0.717, 1.165) is 30.7 Å². The number of carbonyl (C=O) groups is 3. The molecule has 3 fully saturated rings. The first kappa shape index (κ1) is 32.3. The van der Waals surface area contributed by atoms with Crippen LogP contribution in [0, 0.1) is 5.82 Å². The van der Waals surface area contributed by atoms with Gasteiger partial charge in [-0.15, -0.1) is 0 Å². The van der Waals surface area contributed by atoms with E-state index in [4.69, 9.17) is 4.74 Å². The Kier molecular flexibility index (Phi) is 8.82. The molecule has 0 radical (unpaired) electrons. The minimum Gasteiger partial charge on any atom is -0.484 e. The van der Waals surface area contributed by atoms with Crippen LogP contribution in [0.2, 0.25) is 0 Å². The number of carboxylic acid groups (broad SMARTS) is 1. The molecule has 18 heteroatoms. The predicted octanol–water partition coefficient (Wildman–Crippen LogP) is 1.51. The molecule has 1 aromatic heterocycles. The average Bonchev–Trinajstić information content (AvgIpc) is 3.88. The molecule has 3 heterocycles. The number of hydrazone groups is 1. The van der Waals surface area contributed by atoms with Crippen LogP contribution < -0.4 is 20.4 Å². The first-order chi connectivity index (χ1) is 22.4. The van der Waals surface area contributed by atoms with Crippen LogP contribution >= 0.6 is 11.8 Å². The van der Waals surface area contributed by atoms with Gasteiger partial charge in [0.05, 0.1) is 29.8 Å². The lowest BCUT2D eigenvalue weighted by Crippen LogP contribution is -2.70. The van der Waals surface area contributed by atoms with E-state index in [2.05, 4.69) is 10.4 Å². The Morgan fingerprint density at radius 1 is 1.11 bits per heavy atom. The predicted molar refractivity (Wildman–Crippen MR) is 169 cm³/mol. The van der Waals surface area contributed by atoms with Crippen molar-refractivity contribution in [1.29, 1.82) is 0 Å². The fourth-order valence-corrected chi connectivity index (χ4v) is 7.52. The monoisotopic (exact) mass is 688 g/mol. The summed E-state index contributed by atoms with van der Waals surface area (Å²) in [5.41, 5.74) is 0.879. The van der Waals surface area contributed by atoms with Gasteiger partial charge in [0.25, 0.3) is 11.8 Å². The SMILES string of the molecule is O=C(COc1ccccc1)N[C@H]1C(=O)N(S(=O)(=O)O)C1S/C=N/N1CCN(c2cc3c(cc2F)c(=O)c(C(=O)O)cn3C2CC2)CC1. The van der Waals surface area contributed by atoms with Gasteiger partial charge in [-0.25, -0.2) is 9.18 Å². The van der Waals surface area contributed by atoms with E-state index in [1.165, 1.54) is 11.7 Å². The number of piperazine rings is 1. The standard InChI is InChI=1S/C29H29FN6O9S2/c30-21-12-19-22(35(17-6-7-17)14-20(26(19)38)29(40)41)13-23(21)33-8-10-34(11-9-33)31-16-46-28-25(27(39)36(28)47(42,43)44)32-24(37)15-45-18-4-2-1-3-5-18/h1-5,12-14,16-17,25,28H,6-11,15H2,(H,32,37)(H,40,41)(H,42,43,44)/b31-16+/t25-,28?/m0/s1. The van der Waals surface area contributed by atoms with E-state index < -0.39 is 62.9 Å². The number of carbonyl (C=O) groups excluding carboxylic acids is 2. The Morgan fingerprint density at radius 3 is 2.45 bits per heavy atom. The molecule has 2 aliphatic heterocycles. The topological polar surface area (TPSA) is 191 Å². The quantitative estimate of drug-likeness (QED) is 0.114. The number of thioether (sulfide) groups is 1. The van der Waals surface area contributed by atoms with Crippen LogP contribution in [0.3, 0.4) is 0 Å². The lowest BCUT2D eigenvalue weighted by atomic mass is 10.1. The zero-order valence-corrected chi connectivity index (χ0v) is 26.2. The number of pyridine rings is 1. The molecule has 1 unspecified atom stereocenters. The molecule has 1 saturated carbocycles. The van der Waals surface area contributed by atoms with Gasteiger partial charge in [0, 0.05) is 30.7 Å². The van der Waals surface area contributed by atoms with E-state index in [1.807, 2.05) is 0 Å². The Morgan fingerprint density at radius 2 is 1.81 bits per heavy atom. The number of hydrogen-bond acceptors (Lipinski definition) is 11. The second-order valence-corrected chi connectivity index (χ2v) is 13.3. The summed E-state index contributed by atoms with van der Waals surface area (Å²) in [7, 11) is -4.90. The maximum atomic E-state index is 15.3. The van der Waals surface area contributed by atoms with Gasteiger partial charge in [-0.2, -0.15) is 17.8 Å². The third-order valence-electron chi connectivity index (χ3n) is 7.96. The molecular formula is C29H29FN6O9S2. The summed E-state index contributed by atoms with van der Waals surface area (Å²) < 4.78 is 55.8. The summed E-state index contributed by atoms with van der Waals surface area (Å²) >= 11 is 0.805. The van der Waals surface area contributed by atoms with Crippen molar-refractivity contribution < 1.29 is 41.6 Å². The molecule has 1 aliphatic carbocycles. The molecule has 3 aromatic rings. The molecular weight excluding hydrogens is 659 g/mol. The molecule has 15 nitrogen and oxygen atoms in total. The molecule has 2 saturated heterocycles. The number of aromatic nitrogens is 1. The smallest absolute Gasteiger partial charge is 0.363 e. The van der Waals surface area contributed by atoms with Crippen molar-refractivity contribution in [2.24, 2.45) is 5.10 Å². The average molecular weight is 689 g/mol. The number of anilines is 1. The number of para-hydroxylation sites is 1. The molecule has 0 bridgehead atoms. The Balaban J connectivity index is 1.09. The number of amides is 2. The van der Waals surface area contributed by atoms with Gasteiger partial charge < -0.3 is 24.6 Å². The van der Waals surface area contributed by atoms with Crippen LogP contribution in [-0.4, -0.2) is 99.5 Å². The van der Waals surface area contributed by atoms with Crippen LogP contribution in [0.4, 0.5) is 10.1 Å². The minimum absolute atomic E-state index is 0.00457. The largest absolute Gasteiger partial charge is 0.484 e. The summed E-state index contributed by atoms with van der Waals surface area (Å²) in [4.78, 5) is 51.1. The first-order valence-corrected chi connectivity index (χ1v) is 16.8. The van der Waals surface area contributed by atoms with Crippen LogP contribution in [0.1, 0.15) is 29.2 Å². The number of aromatic carboxylic acids is 1. The normalized spacial score (nSPS) is 20.0. The highest BCUT2D eigenvalue weighted by atomic mass is 32.2. The highest BCUT2D eigenvalue weighted by Gasteiger charge is 2.54. The summed E-state index contributed by atoms with van der Waals surface area (Å²) in [5.74, 6) is -3.28. The van der Waals surface area contributed by atoms with Crippen molar-refractivity contribution in [2.45, 2.75) is 30.3 Å². The van der Waals surface area contributed by atoms with Gasteiger partial charge in [-0.05, 0) is 37.1 Å². The van der Waals surface area contributed by atoms with Gasteiger partial charge in [0.2, 0.25) is 5.43 Å². The highest BCUT2D eigenvalue weighted by molar-refractivity contribution is 8.13. The number of nitrogens with one attached hydrogen (secondary N) is 1. The van der Waals surface area contributed by atoms with Crippen molar-refractivity contribution in [1.82, 2.24) is 19.2 Å². The zero-order valence-electron chi connectivity index (χ0n) is 24.6. The number of carboxylic acids is 1. The number of rotatable bonds is 11. The Bertz CT molecular complexity index is 1930. The van der Waals surface area contributed by atoms with E-state index in [9.17, 15) is 37.3 Å². The van der Waals surface area contributed by atoms with Crippen LogP contribution in [0.25, 0.3) is 10.9 Å². The summed E-state index contributed by atoms with van der Waals surface area (Å²) in [6.45, 7) is 0.930. The van der Waals surface area contributed by atoms with Crippen molar-refractivity contribution in [3.8, 4) is 5.75 Å². The molecule has 2 aromatic carbocycles. The Labute approximate surface area is 271 Å². The molecule has 6 rings (SSSR count). The maximum Gasteiger partial charge on any atom is 0.363 e. The maximum absolute atomic E-state index is 15.3. The van der Waals surface area contributed by atoms with E-state index in [-0.39, 0.29) is 21.4 Å². The molecule has 3 aliphatic rings. The molecule has 2 amide bonds. The number of halogens is 1. The second kappa shape index (κ2) is 12.8.